The first-order valence-corrected chi connectivity index (χ1v) is 7.25. The van der Waals surface area contributed by atoms with E-state index in [1.54, 1.807) is 6.08 Å². The molecule has 0 N–H and O–H groups in total. The number of hydrogen-bond acceptors (Lipinski definition) is 2. The molecule has 0 radical (unpaired) electrons. The van der Waals surface area contributed by atoms with Crippen LogP contribution in [0.4, 0.5) is 0 Å². The molecule has 0 atom stereocenters. The van der Waals surface area contributed by atoms with Crippen molar-refractivity contribution >= 4 is 11.5 Å². The Balaban J connectivity index is 2.05. The molecular weight excluding hydrogens is 260 g/mol. The zero-order valence-electron chi connectivity index (χ0n) is 12.1. The monoisotopic (exact) mass is 278 g/mol. The molecule has 3 rings (SSSR count). The molecule has 0 aliphatic heterocycles. The highest BCUT2D eigenvalue weighted by atomic mass is 16.5. The van der Waals surface area contributed by atoms with Crippen molar-refractivity contribution in [2.45, 2.75) is 19.3 Å². The van der Waals surface area contributed by atoms with E-state index < -0.39 is 0 Å². The minimum atomic E-state index is -0.275. The van der Waals surface area contributed by atoms with Crippen LogP contribution in [0, 0.1) is 0 Å². The maximum Gasteiger partial charge on any atom is 0.330 e. The Hall–Kier alpha value is -2.35. The molecule has 21 heavy (non-hydrogen) atoms. The van der Waals surface area contributed by atoms with Crippen LogP contribution in [0.1, 0.15) is 24.0 Å². The molecule has 0 saturated carbocycles. The Morgan fingerprint density at radius 1 is 1.05 bits per heavy atom. The lowest BCUT2D eigenvalue weighted by molar-refractivity contribution is -0.134. The lowest BCUT2D eigenvalue weighted by Gasteiger charge is -2.20. The fourth-order valence-electron chi connectivity index (χ4n) is 2.86. The van der Waals surface area contributed by atoms with Gasteiger partial charge in [-0.05, 0) is 53.2 Å². The number of carbonyl (C=O) groups excluding carboxylic acids is 1. The fraction of sp³-hybridized carbons (Fsp3) is 0.211. The zero-order chi connectivity index (χ0) is 14.7. The van der Waals surface area contributed by atoms with E-state index in [9.17, 15) is 4.79 Å². The summed E-state index contributed by atoms with van der Waals surface area (Å²) in [5, 5.41) is 0. The van der Waals surface area contributed by atoms with E-state index in [-0.39, 0.29) is 5.97 Å². The first kappa shape index (κ1) is 13.6. The van der Waals surface area contributed by atoms with Gasteiger partial charge in [-0.2, -0.15) is 0 Å². The number of methoxy groups -OCH3 is 1. The van der Waals surface area contributed by atoms with Crippen molar-refractivity contribution in [1.82, 2.24) is 0 Å². The summed E-state index contributed by atoms with van der Waals surface area (Å²) in [6, 6.07) is 16.8. The average Bonchev–Trinajstić information content (AvgIpc) is 2.55. The van der Waals surface area contributed by atoms with Crippen LogP contribution in [-0.2, 0) is 16.0 Å². The highest BCUT2D eigenvalue weighted by molar-refractivity contribution is 5.92. The predicted octanol–water partition coefficient (Wildman–Crippen LogP) is 4.25. The van der Waals surface area contributed by atoms with Gasteiger partial charge in [-0.3, -0.25) is 0 Å². The third-order valence-electron chi connectivity index (χ3n) is 3.95. The first-order valence-electron chi connectivity index (χ1n) is 7.25. The smallest absolute Gasteiger partial charge is 0.330 e. The largest absolute Gasteiger partial charge is 0.466 e. The maximum absolute atomic E-state index is 11.5. The van der Waals surface area contributed by atoms with E-state index >= 15 is 0 Å². The minimum Gasteiger partial charge on any atom is -0.466 e. The summed E-state index contributed by atoms with van der Waals surface area (Å²) in [5.74, 6) is -0.275. The molecule has 0 heterocycles. The highest BCUT2D eigenvalue weighted by Gasteiger charge is 2.16. The first-order chi connectivity index (χ1) is 10.3. The van der Waals surface area contributed by atoms with Crippen molar-refractivity contribution in [2.75, 3.05) is 7.11 Å². The van der Waals surface area contributed by atoms with Crippen LogP contribution in [0.25, 0.3) is 16.7 Å². The van der Waals surface area contributed by atoms with Crippen LogP contribution in [0.3, 0.4) is 0 Å². The summed E-state index contributed by atoms with van der Waals surface area (Å²) in [7, 11) is 1.42. The van der Waals surface area contributed by atoms with Gasteiger partial charge in [0.05, 0.1) is 7.11 Å². The summed E-state index contributed by atoms with van der Waals surface area (Å²) in [6.45, 7) is 0. The number of fused-ring (bicyclic) bond motifs is 1. The van der Waals surface area contributed by atoms with E-state index in [4.69, 9.17) is 4.74 Å². The Bertz CT molecular complexity index is 684. The van der Waals surface area contributed by atoms with E-state index in [1.165, 1.54) is 29.4 Å². The number of benzene rings is 2. The standard InChI is InChI=1S/C19H18O2/c1-21-19(20)13-17-9-5-8-15-10-11-16(12-18(15)17)14-6-3-2-4-7-14/h2-4,6-7,10-13H,5,8-9H2,1H3/b17-13+. The second-order valence-corrected chi connectivity index (χ2v) is 5.28. The summed E-state index contributed by atoms with van der Waals surface area (Å²) in [5.41, 5.74) is 5.97. The van der Waals surface area contributed by atoms with E-state index in [0.29, 0.717) is 0 Å². The Morgan fingerprint density at radius 3 is 2.62 bits per heavy atom. The molecule has 0 spiro atoms. The summed E-state index contributed by atoms with van der Waals surface area (Å²) >= 11 is 0. The van der Waals surface area contributed by atoms with Crippen molar-refractivity contribution in [3.63, 3.8) is 0 Å². The number of hydrogen-bond donors (Lipinski definition) is 0. The van der Waals surface area contributed by atoms with Gasteiger partial charge in [0.1, 0.15) is 0 Å². The van der Waals surface area contributed by atoms with Gasteiger partial charge in [0.15, 0.2) is 0 Å². The topological polar surface area (TPSA) is 26.3 Å². The van der Waals surface area contributed by atoms with Crippen molar-refractivity contribution < 1.29 is 9.53 Å². The number of carbonyl (C=O) groups is 1. The molecule has 2 nitrogen and oxygen atoms in total. The number of esters is 1. The fourth-order valence-corrected chi connectivity index (χ4v) is 2.86. The molecule has 1 aliphatic carbocycles. The average molecular weight is 278 g/mol. The molecule has 2 aromatic carbocycles. The van der Waals surface area contributed by atoms with Crippen molar-refractivity contribution in [3.05, 3.63) is 65.7 Å². The molecule has 1 aliphatic rings. The van der Waals surface area contributed by atoms with Crippen LogP contribution in [-0.4, -0.2) is 13.1 Å². The molecule has 106 valence electrons. The van der Waals surface area contributed by atoms with Gasteiger partial charge >= 0.3 is 5.97 Å². The van der Waals surface area contributed by atoms with Gasteiger partial charge in [0, 0.05) is 6.08 Å². The summed E-state index contributed by atoms with van der Waals surface area (Å²) in [4.78, 5) is 11.5. The van der Waals surface area contributed by atoms with E-state index in [0.717, 1.165) is 24.8 Å². The third kappa shape index (κ3) is 2.89. The van der Waals surface area contributed by atoms with E-state index in [2.05, 4.69) is 30.3 Å². The quantitative estimate of drug-likeness (QED) is 0.606. The second-order valence-electron chi connectivity index (χ2n) is 5.28. The van der Waals surface area contributed by atoms with Gasteiger partial charge in [0.25, 0.3) is 0 Å². The van der Waals surface area contributed by atoms with Crippen molar-refractivity contribution in [1.29, 1.82) is 0 Å². The number of allylic oxidation sites excluding steroid dienone is 1. The van der Waals surface area contributed by atoms with Gasteiger partial charge in [-0.1, -0.05) is 42.5 Å². The van der Waals surface area contributed by atoms with Gasteiger partial charge in [0.2, 0.25) is 0 Å². The zero-order valence-corrected chi connectivity index (χ0v) is 12.1. The lowest BCUT2D eigenvalue weighted by Crippen LogP contribution is -2.05. The highest BCUT2D eigenvalue weighted by Crippen LogP contribution is 2.34. The second kappa shape index (κ2) is 5.96. The predicted molar refractivity (Wildman–Crippen MR) is 84.8 cm³/mol. The molecule has 0 aromatic heterocycles. The molecule has 2 aromatic rings. The van der Waals surface area contributed by atoms with Gasteiger partial charge in [-0.25, -0.2) is 4.79 Å². The minimum absolute atomic E-state index is 0.275. The SMILES string of the molecule is COC(=O)/C=C1\CCCc2ccc(-c3ccccc3)cc21. The summed E-state index contributed by atoms with van der Waals surface area (Å²) in [6.07, 6.45) is 4.72. The molecule has 0 amide bonds. The van der Waals surface area contributed by atoms with Crippen LogP contribution in [0.2, 0.25) is 0 Å². The van der Waals surface area contributed by atoms with Crippen molar-refractivity contribution in [3.8, 4) is 11.1 Å². The molecular formula is C19H18O2. The number of rotatable bonds is 2. The molecule has 0 fully saturated rings. The molecule has 0 bridgehead atoms. The Labute approximate surface area is 125 Å². The molecule has 0 saturated heterocycles. The number of ether oxygens (including phenoxy) is 1. The normalized spacial score (nSPS) is 15.6. The summed E-state index contributed by atoms with van der Waals surface area (Å²) < 4.78 is 4.77. The van der Waals surface area contributed by atoms with Crippen LogP contribution >= 0.6 is 0 Å². The number of aryl methyl sites for hydroxylation is 1. The van der Waals surface area contributed by atoms with Crippen molar-refractivity contribution in [2.24, 2.45) is 0 Å². The van der Waals surface area contributed by atoms with Gasteiger partial charge < -0.3 is 4.74 Å². The molecule has 0 unspecified atom stereocenters. The Kier molecular flexibility index (Phi) is 3.87. The van der Waals surface area contributed by atoms with Crippen LogP contribution in [0.5, 0.6) is 0 Å². The molecule has 2 heteroatoms. The van der Waals surface area contributed by atoms with E-state index in [1.807, 2.05) is 18.2 Å². The lowest BCUT2D eigenvalue weighted by atomic mass is 9.85. The van der Waals surface area contributed by atoms with Gasteiger partial charge in [-0.15, -0.1) is 0 Å². The third-order valence-corrected chi connectivity index (χ3v) is 3.95. The maximum atomic E-state index is 11.5. The van der Waals surface area contributed by atoms with Crippen LogP contribution < -0.4 is 0 Å². The Morgan fingerprint density at radius 2 is 1.86 bits per heavy atom. The van der Waals surface area contributed by atoms with Crippen LogP contribution in [0.15, 0.2) is 54.6 Å².